The van der Waals surface area contributed by atoms with Crippen molar-refractivity contribution in [2.45, 2.75) is 6.18 Å². The molecule has 0 aromatic heterocycles. The van der Waals surface area contributed by atoms with E-state index in [2.05, 4.69) is 0 Å². The van der Waals surface area contributed by atoms with E-state index < -0.39 is 23.5 Å². The third-order valence-corrected chi connectivity index (χ3v) is 2.69. The number of carbonyl (C=O) groups is 2. The van der Waals surface area contributed by atoms with Gasteiger partial charge in [0.05, 0.1) is 0 Å². The standard InChI is InChI=1S/C15H14F3NO3/c1-19(2)11-8-6-10(7-9-11)4-3-5-12(14(21)22)13(20)15(16,17)18/h3-9H,1-2H3,(H,21,22). The van der Waals surface area contributed by atoms with E-state index in [0.29, 0.717) is 11.6 Å². The predicted molar refractivity (Wildman–Crippen MR) is 76.6 cm³/mol. The minimum absolute atomic E-state index is 0.637. The maximum Gasteiger partial charge on any atom is 0.455 e. The minimum Gasteiger partial charge on any atom is -0.478 e. The van der Waals surface area contributed by atoms with Crippen molar-refractivity contribution in [3.63, 3.8) is 0 Å². The highest BCUT2D eigenvalue weighted by Gasteiger charge is 2.42. The van der Waals surface area contributed by atoms with Crippen LogP contribution >= 0.6 is 0 Å². The summed E-state index contributed by atoms with van der Waals surface area (Å²) in [5, 5.41) is 8.67. The van der Waals surface area contributed by atoms with Crippen molar-refractivity contribution in [3.8, 4) is 0 Å². The molecule has 0 amide bonds. The highest BCUT2D eigenvalue weighted by atomic mass is 19.4. The topological polar surface area (TPSA) is 57.6 Å². The van der Waals surface area contributed by atoms with Gasteiger partial charge in [0.2, 0.25) is 0 Å². The lowest BCUT2D eigenvalue weighted by Crippen LogP contribution is -2.28. The number of hydrogen-bond acceptors (Lipinski definition) is 3. The van der Waals surface area contributed by atoms with Gasteiger partial charge in [0, 0.05) is 19.8 Å². The molecule has 0 fully saturated rings. The van der Waals surface area contributed by atoms with Crippen molar-refractivity contribution in [1.29, 1.82) is 0 Å². The molecule has 1 aromatic carbocycles. The third kappa shape index (κ3) is 4.76. The summed E-state index contributed by atoms with van der Waals surface area (Å²) in [5.41, 5.74) is 0.269. The summed E-state index contributed by atoms with van der Waals surface area (Å²) in [7, 11) is 3.71. The molecule has 0 saturated carbocycles. The lowest BCUT2D eigenvalue weighted by molar-refractivity contribution is -0.168. The maximum absolute atomic E-state index is 12.2. The first-order chi connectivity index (χ1) is 10.1. The second-order valence-electron chi connectivity index (χ2n) is 4.56. The summed E-state index contributed by atoms with van der Waals surface area (Å²) in [4.78, 5) is 23.5. The van der Waals surface area contributed by atoms with Crippen molar-refractivity contribution < 1.29 is 27.9 Å². The number of halogens is 3. The number of Topliss-reactive ketones (excluding diaryl/α,β-unsaturated/α-hetero) is 1. The molecule has 0 unspecified atom stereocenters. The fraction of sp³-hybridized carbons (Fsp3) is 0.200. The van der Waals surface area contributed by atoms with Crippen LogP contribution in [0.5, 0.6) is 0 Å². The first-order valence-corrected chi connectivity index (χ1v) is 6.13. The first-order valence-electron chi connectivity index (χ1n) is 6.13. The number of carbonyl (C=O) groups excluding carboxylic acids is 1. The Labute approximate surface area is 125 Å². The highest BCUT2D eigenvalue weighted by Crippen LogP contribution is 2.21. The Morgan fingerprint density at radius 1 is 1.14 bits per heavy atom. The zero-order valence-corrected chi connectivity index (χ0v) is 11.9. The predicted octanol–water partition coefficient (Wildman–Crippen LogP) is 2.91. The van der Waals surface area contributed by atoms with Crippen molar-refractivity contribution in [2.75, 3.05) is 19.0 Å². The number of allylic oxidation sites excluding steroid dienone is 2. The molecule has 0 spiro atoms. The van der Waals surface area contributed by atoms with Gasteiger partial charge in [-0.2, -0.15) is 13.2 Å². The molecule has 1 aromatic rings. The van der Waals surface area contributed by atoms with Gasteiger partial charge in [-0.05, 0) is 23.8 Å². The summed E-state index contributed by atoms with van der Waals surface area (Å²) >= 11 is 0. The average Bonchev–Trinajstić information content (AvgIpc) is 2.42. The van der Waals surface area contributed by atoms with Crippen molar-refractivity contribution >= 4 is 23.5 Å². The van der Waals surface area contributed by atoms with Crippen LogP contribution in [0.15, 0.2) is 42.0 Å². The molecule has 7 heteroatoms. The van der Waals surface area contributed by atoms with E-state index in [-0.39, 0.29) is 0 Å². The molecule has 118 valence electrons. The van der Waals surface area contributed by atoms with Gasteiger partial charge >= 0.3 is 12.1 Å². The fourth-order valence-corrected chi connectivity index (χ4v) is 1.54. The van der Waals surface area contributed by atoms with Gasteiger partial charge in [-0.3, -0.25) is 4.79 Å². The van der Waals surface area contributed by atoms with Crippen molar-refractivity contribution in [3.05, 3.63) is 47.6 Å². The number of aliphatic carboxylic acids is 1. The van der Waals surface area contributed by atoms with Crippen LogP contribution in [0.4, 0.5) is 18.9 Å². The van der Waals surface area contributed by atoms with Gasteiger partial charge in [-0.25, -0.2) is 4.79 Å². The molecule has 1 N–H and O–H groups in total. The van der Waals surface area contributed by atoms with Crippen LogP contribution in [-0.2, 0) is 9.59 Å². The van der Waals surface area contributed by atoms with Crippen LogP contribution in [0, 0.1) is 0 Å². The second kappa shape index (κ2) is 6.93. The van der Waals surface area contributed by atoms with E-state index in [1.165, 1.54) is 6.08 Å². The van der Waals surface area contributed by atoms with Gasteiger partial charge in [-0.15, -0.1) is 0 Å². The van der Waals surface area contributed by atoms with E-state index in [4.69, 9.17) is 5.11 Å². The smallest absolute Gasteiger partial charge is 0.455 e. The number of carboxylic acids is 1. The monoisotopic (exact) mass is 313 g/mol. The van der Waals surface area contributed by atoms with Crippen LogP contribution in [0.3, 0.4) is 0 Å². The Balaban J connectivity index is 2.95. The van der Waals surface area contributed by atoms with Crippen LogP contribution in [0.1, 0.15) is 5.56 Å². The minimum atomic E-state index is -5.22. The summed E-state index contributed by atoms with van der Waals surface area (Å²) in [6.07, 6.45) is -2.08. The maximum atomic E-state index is 12.2. The van der Waals surface area contributed by atoms with E-state index in [0.717, 1.165) is 11.8 Å². The number of nitrogens with zero attached hydrogens (tertiary/aromatic N) is 1. The largest absolute Gasteiger partial charge is 0.478 e. The molecule has 0 heterocycles. The van der Waals surface area contributed by atoms with E-state index in [1.54, 1.807) is 24.3 Å². The zero-order chi connectivity index (χ0) is 16.9. The van der Waals surface area contributed by atoms with Crippen LogP contribution in [0.2, 0.25) is 0 Å². The van der Waals surface area contributed by atoms with E-state index >= 15 is 0 Å². The molecule has 0 atom stereocenters. The lowest BCUT2D eigenvalue weighted by Gasteiger charge is -2.11. The van der Waals surface area contributed by atoms with Gasteiger partial charge in [-0.1, -0.05) is 24.3 Å². The summed E-state index contributed by atoms with van der Waals surface area (Å²) < 4.78 is 36.7. The summed E-state index contributed by atoms with van der Waals surface area (Å²) in [6.45, 7) is 0. The molecule has 0 bridgehead atoms. The van der Waals surface area contributed by atoms with Gasteiger partial charge in [0.1, 0.15) is 5.57 Å². The number of benzene rings is 1. The normalized spacial score (nSPS) is 12.5. The average molecular weight is 313 g/mol. The second-order valence-corrected chi connectivity index (χ2v) is 4.56. The number of carboxylic acid groups (broad SMARTS) is 1. The molecular formula is C15H14F3NO3. The third-order valence-electron chi connectivity index (χ3n) is 2.69. The lowest BCUT2D eigenvalue weighted by atomic mass is 10.1. The van der Waals surface area contributed by atoms with E-state index in [1.807, 2.05) is 19.0 Å². The molecule has 0 aliphatic rings. The number of alkyl halides is 3. The van der Waals surface area contributed by atoms with Gasteiger partial charge in [0.15, 0.2) is 0 Å². The number of anilines is 1. The van der Waals surface area contributed by atoms with Gasteiger partial charge < -0.3 is 10.0 Å². The van der Waals surface area contributed by atoms with E-state index in [9.17, 15) is 22.8 Å². The van der Waals surface area contributed by atoms with Gasteiger partial charge in [0.25, 0.3) is 5.78 Å². The SMILES string of the molecule is CN(C)c1ccc(C=CC=C(C(=O)O)C(=O)C(F)(F)F)cc1. The molecule has 0 aliphatic heterocycles. The number of rotatable bonds is 5. The number of ketones is 1. The molecule has 0 radical (unpaired) electrons. The Morgan fingerprint density at radius 3 is 2.09 bits per heavy atom. The van der Waals surface area contributed by atoms with Crippen LogP contribution < -0.4 is 4.90 Å². The highest BCUT2D eigenvalue weighted by molar-refractivity contribution is 6.19. The fourth-order valence-electron chi connectivity index (χ4n) is 1.54. The zero-order valence-electron chi connectivity index (χ0n) is 11.9. The molecule has 0 aliphatic carbocycles. The first kappa shape index (κ1) is 17.5. The van der Waals surface area contributed by atoms with Crippen LogP contribution in [0.25, 0.3) is 6.08 Å². The van der Waals surface area contributed by atoms with Crippen molar-refractivity contribution in [1.82, 2.24) is 0 Å². The Morgan fingerprint density at radius 2 is 1.68 bits per heavy atom. The summed E-state index contributed by atoms with van der Waals surface area (Å²) in [6, 6.07) is 7.02. The quantitative estimate of drug-likeness (QED) is 0.393. The van der Waals surface area contributed by atoms with Crippen LogP contribution in [-0.4, -0.2) is 37.1 Å². The number of hydrogen-bond donors (Lipinski definition) is 1. The van der Waals surface area contributed by atoms with Crippen molar-refractivity contribution in [2.24, 2.45) is 0 Å². The Bertz CT molecular complexity index is 614. The molecule has 0 saturated heterocycles. The summed E-state index contributed by atoms with van der Waals surface area (Å²) in [5.74, 6) is -4.30. The molecule has 22 heavy (non-hydrogen) atoms. The Kier molecular flexibility index (Phi) is 5.50. The molecule has 1 rings (SSSR count). The molecule has 4 nitrogen and oxygen atoms in total. The molecular weight excluding hydrogens is 299 g/mol. The Hall–Kier alpha value is -2.57.